The third-order valence-corrected chi connectivity index (χ3v) is 3.93. The number of hydrogen-bond acceptors (Lipinski definition) is 2. The van der Waals surface area contributed by atoms with Gasteiger partial charge in [0, 0.05) is 19.5 Å². The zero-order valence-electron chi connectivity index (χ0n) is 10.4. The molecule has 92 valence electrons. The van der Waals surface area contributed by atoms with Crippen LogP contribution >= 0.6 is 12.6 Å². The van der Waals surface area contributed by atoms with Gasteiger partial charge in [0.15, 0.2) is 0 Å². The molecule has 1 aliphatic rings. The Hall–Kier alpha value is -0.960. The molecule has 0 aromatic heterocycles. The second-order valence-electron chi connectivity index (χ2n) is 4.96. The van der Waals surface area contributed by atoms with Gasteiger partial charge in [-0.2, -0.15) is 12.6 Å². The molecule has 3 heteroatoms. The van der Waals surface area contributed by atoms with E-state index in [9.17, 15) is 4.79 Å². The minimum atomic E-state index is 0.268. The first-order valence-electron chi connectivity index (χ1n) is 6.05. The van der Waals surface area contributed by atoms with Gasteiger partial charge in [0.25, 0.3) is 0 Å². The van der Waals surface area contributed by atoms with Crippen LogP contribution in [0.1, 0.15) is 23.1 Å². The molecule has 1 amide bonds. The standard InChI is InChI=1S/C14H19NOS/c1-10-3-4-13(11(2)5-10)8-15-7-12(9-17)6-14(15)16/h3-5,12,17H,6-9H2,1-2H3. The summed E-state index contributed by atoms with van der Waals surface area (Å²) < 4.78 is 0. The number of rotatable bonds is 3. The van der Waals surface area contributed by atoms with Crippen molar-refractivity contribution in [2.24, 2.45) is 5.92 Å². The third kappa shape index (κ3) is 2.83. The fourth-order valence-electron chi connectivity index (χ4n) is 2.36. The Bertz CT molecular complexity index is 430. The van der Waals surface area contributed by atoms with Gasteiger partial charge in [-0.25, -0.2) is 0 Å². The zero-order chi connectivity index (χ0) is 12.4. The van der Waals surface area contributed by atoms with E-state index in [1.54, 1.807) is 0 Å². The second-order valence-corrected chi connectivity index (χ2v) is 5.32. The average molecular weight is 249 g/mol. The molecule has 1 saturated heterocycles. The molecule has 0 aliphatic carbocycles. The summed E-state index contributed by atoms with van der Waals surface area (Å²) in [6, 6.07) is 6.41. The van der Waals surface area contributed by atoms with Gasteiger partial charge in [0.05, 0.1) is 0 Å². The topological polar surface area (TPSA) is 20.3 Å². The lowest BCUT2D eigenvalue weighted by molar-refractivity contribution is -0.128. The Morgan fingerprint density at radius 3 is 2.76 bits per heavy atom. The first-order valence-corrected chi connectivity index (χ1v) is 6.68. The van der Waals surface area contributed by atoms with Gasteiger partial charge in [-0.15, -0.1) is 0 Å². The van der Waals surface area contributed by atoms with Crippen LogP contribution in [0.3, 0.4) is 0 Å². The van der Waals surface area contributed by atoms with Crippen LogP contribution in [0.2, 0.25) is 0 Å². The first-order chi connectivity index (χ1) is 8.10. The van der Waals surface area contributed by atoms with Crippen LogP contribution in [0.15, 0.2) is 18.2 Å². The summed E-state index contributed by atoms with van der Waals surface area (Å²) >= 11 is 4.28. The number of carbonyl (C=O) groups is 1. The fraction of sp³-hybridized carbons (Fsp3) is 0.500. The molecular weight excluding hydrogens is 230 g/mol. The SMILES string of the molecule is Cc1ccc(CN2CC(CS)CC2=O)c(C)c1. The molecule has 1 aromatic carbocycles. The molecule has 1 atom stereocenters. The predicted octanol–water partition coefficient (Wildman–Crippen LogP) is 2.58. The lowest BCUT2D eigenvalue weighted by Crippen LogP contribution is -2.25. The first kappa shape index (κ1) is 12.5. The molecule has 2 nitrogen and oxygen atoms in total. The van der Waals surface area contributed by atoms with Crippen LogP contribution in [0, 0.1) is 19.8 Å². The maximum atomic E-state index is 11.8. The Morgan fingerprint density at radius 2 is 2.18 bits per heavy atom. The maximum absolute atomic E-state index is 11.8. The van der Waals surface area contributed by atoms with Crippen LogP contribution in [0.5, 0.6) is 0 Å². The van der Waals surface area contributed by atoms with E-state index in [1.807, 2.05) is 4.90 Å². The van der Waals surface area contributed by atoms with Gasteiger partial charge in [0.1, 0.15) is 0 Å². The highest BCUT2D eigenvalue weighted by Gasteiger charge is 2.28. The smallest absolute Gasteiger partial charge is 0.223 e. The quantitative estimate of drug-likeness (QED) is 0.816. The Labute approximate surface area is 108 Å². The van der Waals surface area contributed by atoms with E-state index < -0.39 is 0 Å². The van der Waals surface area contributed by atoms with E-state index in [4.69, 9.17) is 0 Å². The lowest BCUT2D eigenvalue weighted by Gasteiger charge is -2.18. The van der Waals surface area contributed by atoms with Crippen LogP contribution in [-0.2, 0) is 11.3 Å². The number of hydrogen-bond donors (Lipinski definition) is 1. The Balaban J connectivity index is 2.08. The molecule has 1 unspecified atom stereocenters. The molecule has 0 saturated carbocycles. The van der Waals surface area contributed by atoms with Crippen molar-refractivity contribution in [1.29, 1.82) is 0 Å². The highest BCUT2D eigenvalue weighted by molar-refractivity contribution is 7.80. The van der Waals surface area contributed by atoms with Gasteiger partial charge >= 0.3 is 0 Å². The van der Waals surface area contributed by atoms with Gasteiger partial charge in [-0.3, -0.25) is 4.79 Å². The molecule has 0 radical (unpaired) electrons. The van der Waals surface area contributed by atoms with E-state index >= 15 is 0 Å². The van der Waals surface area contributed by atoms with Crippen molar-refractivity contribution in [3.05, 3.63) is 34.9 Å². The van der Waals surface area contributed by atoms with E-state index in [1.165, 1.54) is 16.7 Å². The summed E-state index contributed by atoms with van der Waals surface area (Å²) in [5.74, 6) is 1.50. The molecule has 0 bridgehead atoms. The van der Waals surface area contributed by atoms with Gasteiger partial charge in [-0.05, 0) is 36.6 Å². The summed E-state index contributed by atoms with van der Waals surface area (Å²) in [4.78, 5) is 13.8. The van der Waals surface area contributed by atoms with Crippen molar-refractivity contribution in [3.63, 3.8) is 0 Å². The molecule has 1 aromatic rings. The summed E-state index contributed by atoms with van der Waals surface area (Å²) in [6.07, 6.45) is 0.661. The summed E-state index contributed by atoms with van der Waals surface area (Å²) in [7, 11) is 0. The van der Waals surface area contributed by atoms with Crippen LogP contribution < -0.4 is 0 Å². The van der Waals surface area contributed by atoms with Crippen molar-refractivity contribution in [2.75, 3.05) is 12.3 Å². The molecular formula is C14H19NOS. The second kappa shape index (κ2) is 5.13. The highest BCUT2D eigenvalue weighted by atomic mass is 32.1. The Morgan fingerprint density at radius 1 is 1.41 bits per heavy atom. The maximum Gasteiger partial charge on any atom is 0.223 e. The molecule has 1 heterocycles. The highest BCUT2D eigenvalue weighted by Crippen LogP contribution is 2.22. The molecule has 1 aliphatic heterocycles. The van der Waals surface area contributed by atoms with E-state index in [0.29, 0.717) is 12.3 Å². The average Bonchev–Trinajstić information content (AvgIpc) is 2.64. The van der Waals surface area contributed by atoms with Crippen LogP contribution in [0.25, 0.3) is 0 Å². The monoisotopic (exact) mass is 249 g/mol. The number of benzene rings is 1. The fourth-order valence-corrected chi connectivity index (χ4v) is 2.60. The van der Waals surface area contributed by atoms with Crippen molar-refractivity contribution in [2.45, 2.75) is 26.8 Å². The predicted molar refractivity (Wildman–Crippen MR) is 73.3 cm³/mol. The van der Waals surface area contributed by atoms with E-state index in [2.05, 4.69) is 44.7 Å². The summed E-state index contributed by atoms with van der Waals surface area (Å²) in [6.45, 7) is 5.80. The van der Waals surface area contributed by atoms with Crippen molar-refractivity contribution < 1.29 is 4.79 Å². The van der Waals surface area contributed by atoms with Crippen molar-refractivity contribution in [3.8, 4) is 0 Å². The number of likely N-dealkylation sites (tertiary alicyclic amines) is 1. The number of nitrogens with zero attached hydrogens (tertiary/aromatic N) is 1. The largest absolute Gasteiger partial charge is 0.338 e. The zero-order valence-corrected chi connectivity index (χ0v) is 11.3. The molecule has 0 spiro atoms. The minimum absolute atomic E-state index is 0.268. The molecule has 2 rings (SSSR count). The van der Waals surface area contributed by atoms with E-state index in [-0.39, 0.29) is 5.91 Å². The van der Waals surface area contributed by atoms with Crippen LogP contribution in [-0.4, -0.2) is 23.1 Å². The Kier molecular flexibility index (Phi) is 3.77. The number of thiol groups is 1. The lowest BCUT2D eigenvalue weighted by atomic mass is 10.1. The van der Waals surface area contributed by atoms with Crippen molar-refractivity contribution in [1.82, 2.24) is 4.90 Å². The van der Waals surface area contributed by atoms with E-state index in [0.717, 1.165) is 18.8 Å². The number of amides is 1. The molecule has 1 fully saturated rings. The summed E-state index contributed by atoms with van der Waals surface area (Å²) in [5.41, 5.74) is 3.79. The number of carbonyl (C=O) groups excluding carboxylic acids is 1. The van der Waals surface area contributed by atoms with Gasteiger partial charge in [0.2, 0.25) is 5.91 Å². The van der Waals surface area contributed by atoms with Crippen LogP contribution in [0.4, 0.5) is 0 Å². The number of aryl methyl sites for hydroxylation is 2. The normalized spacial score (nSPS) is 20.1. The minimum Gasteiger partial charge on any atom is -0.338 e. The summed E-state index contributed by atoms with van der Waals surface area (Å²) in [5, 5.41) is 0. The molecule has 0 N–H and O–H groups in total. The third-order valence-electron chi connectivity index (χ3n) is 3.41. The van der Waals surface area contributed by atoms with Gasteiger partial charge < -0.3 is 4.90 Å². The van der Waals surface area contributed by atoms with Crippen molar-refractivity contribution >= 4 is 18.5 Å². The van der Waals surface area contributed by atoms with Gasteiger partial charge in [-0.1, -0.05) is 23.8 Å². The molecule has 17 heavy (non-hydrogen) atoms.